The quantitative estimate of drug-likeness (QED) is 0.375. The molecule has 0 saturated carbocycles. The molecule has 0 heterocycles. The van der Waals surface area contributed by atoms with Crippen molar-refractivity contribution in [3.05, 3.63) is 64.2 Å². The normalized spacial score (nSPS) is 12.4. The third-order valence-corrected chi connectivity index (χ3v) is 6.33. The molecule has 36 heavy (non-hydrogen) atoms. The topological polar surface area (TPSA) is 139 Å². The fourth-order valence-corrected chi connectivity index (χ4v) is 4.20. The van der Waals surface area contributed by atoms with Gasteiger partial charge in [0, 0.05) is 24.2 Å². The lowest BCUT2D eigenvalue weighted by Gasteiger charge is -2.33. The number of methoxy groups -OCH3 is 1. The van der Waals surface area contributed by atoms with Gasteiger partial charge >= 0.3 is 0 Å². The molecule has 2 rings (SSSR count). The van der Waals surface area contributed by atoms with Gasteiger partial charge in [-0.1, -0.05) is 18.2 Å². The second-order valence-corrected chi connectivity index (χ2v) is 11.2. The van der Waals surface area contributed by atoms with Gasteiger partial charge in [-0.05, 0) is 51.5 Å². The van der Waals surface area contributed by atoms with Crippen molar-refractivity contribution in [1.29, 1.82) is 0 Å². The molecule has 0 fully saturated rings. The lowest BCUT2D eigenvalue weighted by atomic mass is 10.1. The summed E-state index contributed by atoms with van der Waals surface area (Å²) in [4.78, 5) is 38.3. The van der Waals surface area contributed by atoms with Crippen molar-refractivity contribution in [3.8, 4) is 5.75 Å². The summed E-state index contributed by atoms with van der Waals surface area (Å²) < 4.78 is 31.1. The van der Waals surface area contributed by atoms with Crippen molar-refractivity contribution in [2.24, 2.45) is 0 Å². The molecule has 2 aromatic rings. The van der Waals surface area contributed by atoms with E-state index in [0.717, 1.165) is 16.6 Å². The van der Waals surface area contributed by atoms with Crippen LogP contribution in [0, 0.1) is 10.1 Å². The van der Waals surface area contributed by atoms with E-state index < -0.39 is 44.9 Å². The van der Waals surface area contributed by atoms with Crippen LogP contribution in [0.25, 0.3) is 0 Å². The highest BCUT2D eigenvalue weighted by atomic mass is 32.2. The number of nitrogens with zero attached hydrogens (tertiary/aromatic N) is 3. The van der Waals surface area contributed by atoms with Gasteiger partial charge in [0.15, 0.2) is 0 Å². The van der Waals surface area contributed by atoms with Gasteiger partial charge in [0.2, 0.25) is 21.8 Å². The summed E-state index contributed by atoms with van der Waals surface area (Å²) in [5.74, 6) is -0.450. The smallest absolute Gasteiger partial charge is 0.271 e. The lowest BCUT2D eigenvalue weighted by Crippen LogP contribution is -2.54. The van der Waals surface area contributed by atoms with Crippen molar-refractivity contribution in [1.82, 2.24) is 10.2 Å². The van der Waals surface area contributed by atoms with E-state index in [1.807, 2.05) is 0 Å². The number of hydrogen-bond acceptors (Lipinski definition) is 7. The number of anilines is 1. The number of rotatable bonds is 10. The maximum Gasteiger partial charge on any atom is 0.271 e. The van der Waals surface area contributed by atoms with Crippen molar-refractivity contribution >= 4 is 33.2 Å². The predicted octanol–water partition coefficient (Wildman–Crippen LogP) is 2.70. The van der Waals surface area contributed by atoms with Gasteiger partial charge in [0.1, 0.15) is 18.3 Å². The maximum absolute atomic E-state index is 13.5. The Labute approximate surface area is 211 Å². The molecule has 0 aliphatic heterocycles. The van der Waals surface area contributed by atoms with Gasteiger partial charge < -0.3 is 15.0 Å². The number of carbonyl (C=O) groups is 2. The van der Waals surface area contributed by atoms with Crippen molar-refractivity contribution in [2.45, 2.75) is 45.8 Å². The van der Waals surface area contributed by atoms with E-state index >= 15 is 0 Å². The fraction of sp³-hybridized carbons (Fsp3) is 0.417. The Morgan fingerprint density at radius 3 is 2.25 bits per heavy atom. The maximum atomic E-state index is 13.5. The lowest BCUT2D eigenvalue weighted by molar-refractivity contribution is -0.384. The van der Waals surface area contributed by atoms with Crippen molar-refractivity contribution in [3.63, 3.8) is 0 Å². The molecule has 0 radical (unpaired) electrons. The van der Waals surface area contributed by atoms with Crippen LogP contribution >= 0.6 is 0 Å². The Balaban J connectivity index is 2.44. The first-order valence-corrected chi connectivity index (χ1v) is 12.9. The third kappa shape index (κ3) is 7.94. The molecule has 2 aromatic carbocycles. The number of nitro groups is 1. The summed E-state index contributed by atoms with van der Waals surface area (Å²) in [5.41, 5.74) is -0.208. The highest BCUT2D eigenvalue weighted by Crippen LogP contribution is 2.24. The first kappa shape index (κ1) is 28.6. The number of hydrogen-bond donors (Lipinski definition) is 1. The van der Waals surface area contributed by atoms with E-state index in [-0.39, 0.29) is 17.9 Å². The van der Waals surface area contributed by atoms with Crippen LogP contribution in [0.3, 0.4) is 0 Å². The average Bonchev–Trinajstić information content (AvgIpc) is 2.79. The Hall–Kier alpha value is -3.67. The molecular weight excluding hydrogens is 488 g/mol. The summed E-state index contributed by atoms with van der Waals surface area (Å²) in [6.07, 6.45) is 0.905. The van der Waals surface area contributed by atoms with Crippen molar-refractivity contribution in [2.75, 3.05) is 24.2 Å². The molecule has 0 aliphatic carbocycles. The van der Waals surface area contributed by atoms with Crippen LogP contribution in [-0.4, -0.2) is 61.5 Å². The predicted molar refractivity (Wildman–Crippen MR) is 136 cm³/mol. The number of non-ortho nitro benzene ring substituents is 1. The molecule has 196 valence electrons. The summed E-state index contributed by atoms with van der Waals surface area (Å²) in [6.45, 7) is 6.35. The minimum absolute atomic E-state index is 0.0219. The monoisotopic (exact) mass is 520 g/mol. The summed E-state index contributed by atoms with van der Waals surface area (Å²) in [6, 6.07) is 11.0. The van der Waals surface area contributed by atoms with E-state index in [0.29, 0.717) is 11.3 Å². The molecule has 0 aliphatic rings. The van der Waals surface area contributed by atoms with Gasteiger partial charge in [-0.15, -0.1) is 0 Å². The fourth-order valence-electron chi connectivity index (χ4n) is 3.36. The van der Waals surface area contributed by atoms with E-state index in [1.165, 1.54) is 30.2 Å². The molecule has 0 aromatic heterocycles. The third-order valence-electron chi connectivity index (χ3n) is 5.19. The summed E-state index contributed by atoms with van der Waals surface area (Å²) >= 11 is 0. The van der Waals surface area contributed by atoms with E-state index in [2.05, 4.69) is 5.32 Å². The molecule has 2 amide bonds. The Bertz CT molecular complexity index is 1210. The van der Waals surface area contributed by atoms with Crippen LogP contribution in [0.2, 0.25) is 0 Å². The summed E-state index contributed by atoms with van der Waals surface area (Å²) in [7, 11) is -2.47. The van der Waals surface area contributed by atoms with Crippen LogP contribution in [-0.2, 0) is 26.2 Å². The minimum Gasteiger partial charge on any atom is -0.497 e. The van der Waals surface area contributed by atoms with Crippen LogP contribution < -0.4 is 14.4 Å². The zero-order valence-electron chi connectivity index (χ0n) is 21.2. The Morgan fingerprint density at radius 2 is 1.75 bits per heavy atom. The SMILES string of the molecule is COc1ccc(CN(C(=O)CN(c2cccc([N+](=O)[O-])c2)S(C)(=O)=O)[C@H](C)C(=O)NC(C)(C)C)cc1. The second-order valence-electron chi connectivity index (χ2n) is 9.33. The molecule has 0 spiro atoms. The van der Waals surface area contributed by atoms with Gasteiger partial charge in [-0.25, -0.2) is 8.42 Å². The van der Waals surface area contributed by atoms with Crippen LogP contribution in [0.4, 0.5) is 11.4 Å². The highest BCUT2D eigenvalue weighted by Gasteiger charge is 2.31. The number of nitrogens with one attached hydrogen (secondary N) is 1. The molecule has 1 atom stereocenters. The number of sulfonamides is 1. The average molecular weight is 521 g/mol. The first-order valence-electron chi connectivity index (χ1n) is 11.1. The van der Waals surface area contributed by atoms with E-state index in [1.54, 1.807) is 52.0 Å². The zero-order valence-corrected chi connectivity index (χ0v) is 22.0. The second kappa shape index (κ2) is 11.4. The molecule has 0 unspecified atom stereocenters. The largest absolute Gasteiger partial charge is 0.497 e. The van der Waals surface area contributed by atoms with E-state index in [9.17, 15) is 28.1 Å². The van der Waals surface area contributed by atoms with Crippen LogP contribution in [0.5, 0.6) is 5.75 Å². The first-order chi connectivity index (χ1) is 16.6. The number of amides is 2. The van der Waals surface area contributed by atoms with E-state index in [4.69, 9.17) is 4.74 Å². The minimum atomic E-state index is -4.00. The van der Waals surface area contributed by atoms with Gasteiger partial charge in [-0.3, -0.25) is 24.0 Å². The number of nitro benzene ring substituents is 1. The zero-order chi connectivity index (χ0) is 27.3. The summed E-state index contributed by atoms with van der Waals surface area (Å²) in [5, 5.41) is 14.0. The standard InChI is InChI=1S/C24H32N4O7S/c1-17(23(30)25-24(2,3)4)26(15-18-10-12-21(35-5)13-11-18)22(29)16-27(36(6,33)34)19-8-7-9-20(14-19)28(31)32/h7-14,17H,15-16H2,1-6H3,(H,25,30)/t17-/m1/s1. The van der Waals surface area contributed by atoms with Crippen LogP contribution in [0.15, 0.2) is 48.5 Å². The molecule has 12 heteroatoms. The highest BCUT2D eigenvalue weighted by molar-refractivity contribution is 7.92. The molecule has 11 nitrogen and oxygen atoms in total. The van der Waals surface area contributed by atoms with Gasteiger partial charge in [0.25, 0.3) is 5.69 Å². The molecule has 0 saturated heterocycles. The molecule has 1 N–H and O–H groups in total. The van der Waals surface area contributed by atoms with Gasteiger partial charge in [-0.2, -0.15) is 0 Å². The number of carbonyl (C=O) groups excluding carboxylic acids is 2. The Kier molecular flexibility index (Phi) is 9.03. The molecular formula is C24H32N4O7S. The van der Waals surface area contributed by atoms with Crippen LogP contribution in [0.1, 0.15) is 33.3 Å². The number of ether oxygens (including phenoxy) is 1. The van der Waals surface area contributed by atoms with Crippen molar-refractivity contribution < 1.29 is 27.7 Å². The Morgan fingerprint density at radius 1 is 1.14 bits per heavy atom. The van der Waals surface area contributed by atoms with Gasteiger partial charge in [0.05, 0.1) is 24.0 Å². The number of benzene rings is 2. The molecule has 0 bridgehead atoms.